The van der Waals surface area contributed by atoms with Crippen LogP contribution in [0.5, 0.6) is 0 Å². The first-order valence-corrected chi connectivity index (χ1v) is 5.76. The van der Waals surface area contributed by atoms with E-state index < -0.39 is 11.6 Å². The maximum atomic E-state index is 13.1. The van der Waals surface area contributed by atoms with E-state index in [4.69, 9.17) is 9.68 Å². The molecule has 1 aliphatic rings. The lowest BCUT2D eigenvalue weighted by Crippen LogP contribution is -2.22. The van der Waals surface area contributed by atoms with Crippen LogP contribution in [0.3, 0.4) is 0 Å². The molecule has 91 valence electrons. The summed E-state index contributed by atoms with van der Waals surface area (Å²) < 4.78 is 31.2. The molecule has 1 N–H and O–H groups in total. The third kappa shape index (κ3) is 3.26. The maximum absolute atomic E-state index is 13.1. The van der Waals surface area contributed by atoms with Crippen LogP contribution in [-0.4, -0.2) is 18.8 Å². The Morgan fingerprint density at radius 1 is 1.06 bits per heavy atom. The van der Waals surface area contributed by atoms with Gasteiger partial charge in [-0.05, 0) is 49.3 Å². The normalized spacial score (nSPS) is 24.6. The Morgan fingerprint density at radius 3 is 2.18 bits per heavy atom. The van der Waals surface area contributed by atoms with Gasteiger partial charge < -0.3 is 9.68 Å². The fourth-order valence-corrected chi connectivity index (χ4v) is 2.43. The minimum Gasteiger partial charge on any atom is -0.429 e. The number of halogens is 2. The average Bonchev–Trinajstić information content (AvgIpc) is 2.29. The first kappa shape index (κ1) is 12.5. The SMILES string of the molecule is O[B]OC1CCC(c2cc(F)cc(F)c2)CC1. The molecule has 0 aliphatic heterocycles. The summed E-state index contributed by atoms with van der Waals surface area (Å²) in [6, 6.07) is 3.68. The molecule has 17 heavy (non-hydrogen) atoms. The standard InChI is InChI=1S/C12H14BF2O2/c14-10-5-9(6-11(15)7-10)8-1-3-12(4-2-8)17-13-16/h5-8,12,16H,1-4H2. The Morgan fingerprint density at radius 2 is 1.65 bits per heavy atom. The van der Waals surface area contributed by atoms with Gasteiger partial charge in [0.1, 0.15) is 11.6 Å². The van der Waals surface area contributed by atoms with Crippen LogP contribution in [0.15, 0.2) is 18.2 Å². The summed E-state index contributed by atoms with van der Waals surface area (Å²) in [5.41, 5.74) is 0.717. The Balaban J connectivity index is 2.00. The van der Waals surface area contributed by atoms with Crippen molar-refractivity contribution in [1.29, 1.82) is 0 Å². The van der Waals surface area contributed by atoms with Crippen molar-refractivity contribution in [2.45, 2.75) is 37.7 Å². The van der Waals surface area contributed by atoms with Gasteiger partial charge in [0.05, 0.1) is 0 Å². The topological polar surface area (TPSA) is 29.5 Å². The minimum absolute atomic E-state index is 0.0228. The second kappa shape index (κ2) is 5.60. The summed E-state index contributed by atoms with van der Waals surface area (Å²) in [5, 5.41) is 8.53. The van der Waals surface area contributed by atoms with Crippen LogP contribution < -0.4 is 0 Å². The van der Waals surface area contributed by atoms with E-state index in [1.165, 1.54) is 12.1 Å². The largest absolute Gasteiger partial charge is 0.485 e. The first-order chi connectivity index (χ1) is 8.19. The summed E-state index contributed by atoms with van der Waals surface area (Å²) in [4.78, 5) is 0. The van der Waals surface area contributed by atoms with Gasteiger partial charge in [-0.3, -0.25) is 0 Å². The van der Waals surface area contributed by atoms with Crippen LogP contribution in [-0.2, 0) is 4.65 Å². The highest BCUT2D eigenvalue weighted by atomic mass is 19.1. The van der Waals surface area contributed by atoms with Crippen LogP contribution in [0.2, 0.25) is 0 Å². The Hall–Kier alpha value is -0.935. The van der Waals surface area contributed by atoms with Crippen molar-refractivity contribution in [2.24, 2.45) is 0 Å². The van der Waals surface area contributed by atoms with E-state index in [-0.39, 0.29) is 12.0 Å². The number of rotatable bonds is 3. The van der Waals surface area contributed by atoms with Crippen molar-refractivity contribution in [2.75, 3.05) is 0 Å². The lowest BCUT2D eigenvalue weighted by atomic mass is 9.82. The molecule has 0 amide bonds. The monoisotopic (exact) mass is 239 g/mol. The molecule has 1 saturated carbocycles. The molecule has 0 spiro atoms. The Bertz CT molecular complexity index is 359. The van der Waals surface area contributed by atoms with E-state index in [0.29, 0.717) is 13.2 Å². The molecule has 0 unspecified atom stereocenters. The van der Waals surface area contributed by atoms with E-state index in [1.807, 2.05) is 0 Å². The summed E-state index contributed by atoms with van der Waals surface area (Å²) in [6.07, 6.45) is 3.25. The molecule has 0 atom stereocenters. The van der Waals surface area contributed by atoms with Crippen LogP contribution in [0.1, 0.15) is 37.2 Å². The maximum Gasteiger partial charge on any atom is 0.485 e. The summed E-state index contributed by atoms with van der Waals surface area (Å²) in [5.74, 6) is -0.872. The summed E-state index contributed by atoms with van der Waals surface area (Å²) in [7, 11) is 0.715. The van der Waals surface area contributed by atoms with Crippen LogP contribution in [0.25, 0.3) is 0 Å². The predicted octanol–water partition coefficient (Wildman–Crippen LogP) is 2.53. The van der Waals surface area contributed by atoms with E-state index in [0.717, 1.165) is 31.7 Å². The summed E-state index contributed by atoms with van der Waals surface area (Å²) in [6.45, 7) is 0. The lowest BCUT2D eigenvalue weighted by molar-refractivity contribution is 0.133. The zero-order chi connectivity index (χ0) is 12.3. The van der Waals surface area contributed by atoms with Crippen LogP contribution >= 0.6 is 0 Å². The third-order valence-electron chi connectivity index (χ3n) is 3.28. The van der Waals surface area contributed by atoms with Crippen molar-refractivity contribution in [3.05, 3.63) is 35.4 Å². The van der Waals surface area contributed by atoms with Crippen molar-refractivity contribution >= 4 is 7.69 Å². The predicted molar refractivity (Wildman–Crippen MR) is 60.4 cm³/mol. The van der Waals surface area contributed by atoms with Gasteiger partial charge in [-0.1, -0.05) is 0 Å². The fourth-order valence-electron chi connectivity index (χ4n) is 2.43. The highest BCUT2D eigenvalue weighted by molar-refractivity contribution is 6.15. The first-order valence-electron chi connectivity index (χ1n) is 5.76. The van der Waals surface area contributed by atoms with E-state index in [9.17, 15) is 8.78 Å². The van der Waals surface area contributed by atoms with Gasteiger partial charge in [-0.25, -0.2) is 8.78 Å². The van der Waals surface area contributed by atoms with Crippen molar-refractivity contribution in [3.63, 3.8) is 0 Å². The molecule has 1 fully saturated rings. The molecule has 0 aromatic heterocycles. The van der Waals surface area contributed by atoms with E-state index in [2.05, 4.69) is 0 Å². The highest BCUT2D eigenvalue weighted by Gasteiger charge is 2.23. The molecule has 1 radical (unpaired) electrons. The van der Waals surface area contributed by atoms with Gasteiger partial charge >= 0.3 is 7.69 Å². The van der Waals surface area contributed by atoms with E-state index in [1.54, 1.807) is 0 Å². The quantitative estimate of drug-likeness (QED) is 0.821. The van der Waals surface area contributed by atoms with Crippen LogP contribution in [0, 0.1) is 11.6 Å². The minimum atomic E-state index is -0.526. The van der Waals surface area contributed by atoms with Gasteiger partial charge in [0.15, 0.2) is 0 Å². The smallest absolute Gasteiger partial charge is 0.429 e. The second-order valence-corrected chi connectivity index (χ2v) is 4.42. The molecule has 2 nitrogen and oxygen atoms in total. The molecule has 0 bridgehead atoms. The highest BCUT2D eigenvalue weighted by Crippen LogP contribution is 2.34. The van der Waals surface area contributed by atoms with Gasteiger partial charge in [-0.15, -0.1) is 0 Å². The summed E-state index contributed by atoms with van der Waals surface area (Å²) >= 11 is 0. The molecule has 0 heterocycles. The molecule has 1 aliphatic carbocycles. The Kier molecular flexibility index (Phi) is 4.13. The van der Waals surface area contributed by atoms with Gasteiger partial charge in [-0.2, -0.15) is 0 Å². The molecule has 0 saturated heterocycles. The van der Waals surface area contributed by atoms with Gasteiger partial charge in [0, 0.05) is 12.2 Å². The number of hydrogen-bond acceptors (Lipinski definition) is 2. The zero-order valence-electron chi connectivity index (χ0n) is 9.40. The van der Waals surface area contributed by atoms with Gasteiger partial charge in [0.25, 0.3) is 0 Å². The fraction of sp³-hybridized carbons (Fsp3) is 0.500. The number of benzene rings is 1. The molecule has 2 rings (SSSR count). The molecular weight excluding hydrogens is 225 g/mol. The van der Waals surface area contributed by atoms with Crippen LogP contribution in [0.4, 0.5) is 8.78 Å². The van der Waals surface area contributed by atoms with Crippen molar-refractivity contribution < 1.29 is 18.5 Å². The molecule has 5 heteroatoms. The average molecular weight is 239 g/mol. The molecule has 1 aromatic rings. The van der Waals surface area contributed by atoms with Gasteiger partial charge in [0.2, 0.25) is 0 Å². The number of hydrogen-bond donors (Lipinski definition) is 1. The lowest BCUT2D eigenvalue weighted by Gasteiger charge is -2.28. The molecular formula is C12H14BF2O2. The third-order valence-corrected chi connectivity index (χ3v) is 3.28. The zero-order valence-corrected chi connectivity index (χ0v) is 9.40. The van der Waals surface area contributed by atoms with Crippen molar-refractivity contribution in [1.82, 2.24) is 0 Å². The van der Waals surface area contributed by atoms with E-state index >= 15 is 0 Å². The molecule has 1 aromatic carbocycles. The van der Waals surface area contributed by atoms with Crippen molar-refractivity contribution in [3.8, 4) is 0 Å². The second-order valence-electron chi connectivity index (χ2n) is 4.42. The Labute approximate surface area is 99.9 Å².